The number of benzene rings is 1. The minimum absolute atomic E-state index is 0.144. The molecule has 106 valence electrons. The Morgan fingerprint density at radius 2 is 2.25 bits per heavy atom. The van der Waals surface area contributed by atoms with Gasteiger partial charge in [0, 0.05) is 31.2 Å². The summed E-state index contributed by atoms with van der Waals surface area (Å²) in [5.41, 5.74) is 1.69. The van der Waals surface area contributed by atoms with Crippen molar-refractivity contribution in [1.29, 1.82) is 0 Å². The average Bonchev–Trinajstić information content (AvgIpc) is 2.37. The predicted octanol–water partition coefficient (Wildman–Crippen LogP) is 2.98. The molecule has 0 aliphatic carbocycles. The lowest BCUT2D eigenvalue weighted by molar-refractivity contribution is -0.0882. The Bertz CT molecular complexity index is 627. The van der Waals surface area contributed by atoms with Crippen molar-refractivity contribution in [2.45, 2.75) is 26.0 Å². The van der Waals surface area contributed by atoms with Crippen LogP contribution in [0.2, 0.25) is 0 Å². The van der Waals surface area contributed by atoms with Gasteiger partial charge in [0.05, 0.1) is 17.7 Å². The highest BCUT2D eigenvalue weighted by molar-refractivity contribution is 5.81. The fourth-order valence-corrected chi connectivity index (χ4v) is 2.84. The number of rotatable bonds is 2. The third kappa shape index (κ3) is 2.81. The number of hydrogen-bond donors (Lipinski definition) is 0. The zero-order chi connectivity index (χ0) is 14.2. The summed E-state index contributed by atoms with van der Waals surface area (Å²) in [5.74, 6) is -0.201. The summed E-state index contributed by atoms with van der Waals surface area (Å²) in [6.45, 7) is 7.31. The number of ether oxygens (including phenoxy) is 1. The Hall–Kier alpha value is -1.52. The molecule has 1 aromatic heterocycles. The number of morpholine rings is 1. The van der Waals surface area contributed by atoms with Crippen LogP contribution in [-0.4, -0.2) is 35.2 Å². The molecule has 3 nitrogen and oxygen atoms in total. The number of fused-ring (bicyclic) bond motifs is 1. The number of halogens is 1. The quantitative estimate of drug-likeness (QED) is 0.842. The first kappa shape index (κ1) is 13.5. The highest BCUT2D eigenvalue weighted by atomic mass is 19.1. The number of nitrogens with zero attached hydrogens (tertiary/aromatic N) is 2. The molecule has 0 unspecified atom stereocenters. The van der Waals surface area contributed by atoms with Gasteiger partial charge in [0.25, 0.3) is 0 Å². The monoisotopic (exact) mass is 274 g/mol. The summed E-state index contributed by atoms with van der Waals surface area (Å²) < 4.78 is 19.4. The van der Waals surface area contributed by atoms with E-state index < -0.39 is 0 Å². The smallest absolute Gasteiger partial charge is 0.124 e. The van der Waals surface area contributed by atoms with E-state index in [1.54, 1.807) is 12.3 Å². The van der Waals surface area contributed by atoms with Crippen molar-refractivity contribution in [3.63, 3.8) is 0 Å². The summed E-state index contributed by atoms with van der Waals surface area (Å²) >= 11 is 0. The van der Waals surface area contributed by atoms with E-state index in [0.29, 0.717) is 13.2 Å². The van der Waals surface area contributed by atoms with E-state index in [0.717, 1.165) is 29.6 Å². The topological polar surface area (TPSA) is 25.4 Å². The van der Waals surface area contributed by atoms with Crippen LogP contribution in [0.1, 0.15) is 19.4 Å². The van der Waals surface area contributed by atoms with E-state index in [2.05, 4.69) is 23.7 Å². The molecule has 0 spiro atoms. The van der Waals surface area contributed by atoms with Crippen LogP contribution in [0.5, 0.6) is 0 Å². The molecule has 2 heterocycles. The van der Waals surface area contributed by atoms with Gasteiger partial charge in [0.2, 0.25) is 0 Å². The maximum atomic E-state index is 13.7. The molecular weight excluding hydrogens is 255 g/mol. The van der Waals surface area contributed by atoms with Crippen LogP contribution in [0.15, 0.2) is 30.5 Å². The number of pyridine rings is 1. The molecule has 20 heavy (non-hydrogen) atoms. The van der Waals surface area contributed by atoms with Gasteiger partial charge in [-0.1, -0.05) is 6.07 Å². The Labute approximate surface area is 118 Å². The van der Waals surface area contributed by atoms with Crippen LogP contribution in [0, 0.1) is 5.82 Å². The maximum Gasteiger partial charge on any atom is 0.124 e. The molecule has 4 heteroatoms. The molecule has 1 fully saturated rings. The van der Waals surface area contributed by atoms with Crippen molar-refractivity contribution in [3.05, 3.63) is 41.8 Å². The van der Waals surface area contributed by atoms with Crippen molar-refractivity contribution in [3.8, 4) is 0 Å². The molecule has 1 aromatic carbocycles. The zero-order valence-corrected chi connectivity index (χ0v) is 11.9. The van der Waals surface area contributed by atoms with E-state index >= 15 is 0 Å². The molecule has 3 rings (SSSR count). The van der Waals surface area contributed by atoms with Gasteiger partial charge in [0.15, 0.2) is 0 Å². The van der Waals surface area contributed by atoms with Gasteiger partial charge in [-0.25, -0.2) is 4.39 Å². The second-order valence-corrected chi connectivity index (χ2v) is 5.96. The van der Waals surface area contributed by atoms with Crippen molar-refractivity contribution in [2.24, 2.45) is 0 Å². The highest BCUT2D eigenvalue weighted by Crippen LogP contribution is 2.23. The van der Waals surface area contributed by atoms with Crippen molar-refractivity contribution < 1.29 is 9.13 Å². The second-order valence-electron chi connectivity index (χ2n) is 5.96. The van der Waals surface area contributed by atoms with Gasteiger partial charge in [-0.2, -0.15) is 0 Å². The van der Waals surface area contributed by atoms with E-state index in [4.69, 9.17) is 4.74 Å². The summed E-state index contributed by atoms with van der Waals surface area (Å²) in [7, 11) is 0. The molecule has 1 aliphatic rings. The van der Waals surface area contributed by atoms with Gasteiger partial charge >= 0.3 is 0 Å². The summed E-state index contributed by atoms with van der Waals surface area (Å²) in [5, 5.41) is 0.856. The molecule has 2 aromatic rings. The maximum absolute atomic E-state index is 13.7. The molecule has 0 atom stereocenters. The van der Waals surface area contributed by atoms with E-state index in [-0.39, 0.29) is 11.4 Å². The van der Waals surface area contributed by atoms with Gasteiger partial charge in [0.1, 0.15) is 5.82 Å². The SMILES string of the molecule is CC1(C)CN(Cc2cc(F)cc3cccnc23)CCO1. The molecule has 0 radical (unpaired) electrons. The van der Waals surface area contributed by atoms with E-state index in [9.17, 15) is 4.39 Å². The third-order valence-electron chi connectivity index (χ3n) is 3.65. The molecule has 0 amide bonds. The van der Waals surface area contributed by atoms with Crippen LogP contribution in [0.25, 0.3) is 10.9 Å². The van der Waals surface area contributed by atoms with Crippen molar-refractivity contribution in [2.75, 3.05) is 19.7 Å². The van der Waals surface area contributed by atoms with Crippen molar-refractivity contribution >= 4 is 10.9 Å². The third-order valence-corrected chi connectivity index (χ3v) is 3.65. The molecule has 0 saturated carbocycles. The Morgan fingerprint density at radius 1 is 1.40 bits per heavy atom. The average molecular weight is 274 g/mol. The largest absolute Gasteiger partial charge is 0.373 e. The van der Waals surface area contributed by atoms with Crippen LogP contribution in [0.4, 0.5) is 4.39 Å². The van der Waals surface area contributed by atoms with E-state index in [1.165, 1.54) is 6.07 Å². The van der Waals surface area contributed by atoms with Crippen LogP contribution in [-0.2, 0) is 11.3 Å². The van der Waals surface area contributed by atoms with Crippen molar-refractivity contribution in [1.82, 2.24) is 9.88 Å². The lowest BCUT2D eigenvalue weighted by atomic mass is 10.1. The Kier molecular flexibility index (Phi) is 3.44. The molecule has 0 N–H and O–H groups in total. The highest BCUT2D eigenvalue weighted by Gasteiger charge is 2.27. The normalized spacial score (nSPS) is 19.4. The molecular formula is C16H19FN2O. The minimum Gasteiger partial charge on any atom is -0.373 e. The van der Waals surface area contributed by atoms with Crippen LogP contribution >= 0.6 is 0 Å². The number of hydrogen-bond acceptors (Lipinski definition) is 3. The lowest BCUT2D eigenvalue weighted by Gasteiger charge is -2.38. The Balaban J connectivity index is 1.90. The van der Waals surface area contributed by atoms with Gasteiger partial charge in [-0.3, -0.25) is 9.88 Å². The van der Waals surface area contributed by atoms with Crippen LogP contribution in [0.3, 0.4) is 0 Å². The summed E-state index contributed by atoms with van der Waals surface area (Å²) in [6.07, 6.45) is 1.76. The molecule has 1 aliphatic heterocycles. The second kappa shape index (κ2) is 5.11. The summed E-state index contributed by atoms with van der Waals surface area (Å²) in [4.78, 5) is 6.70. The molecule has 1 saturated heterocycles. The zero-order valence-electron chi connectivity index (χ0n) is 11.9. The first-order valence-electron chi connectivity index (χ1n) is 6.93. The number of aromatic nitrogens is 1. The molecule has 0 bridgehead atoms. The standard InChI is InChI=1S/C16H19FN2O/c1-16(2)11-19(6-7-20-16)10-13-9-14(17)8-12-4-3-5-18-15(12)13/h3-5,8-9H,6-7,10-11H2,1-2H3. The first-order chi connectivity index (χ1) is 9.53. The first-order valence-corrected chi connectivity index (χ1v) is 6.93. The lowest BCUT2D eigenvalue weighted by Crippen LogP contribution is -2.47. The van der Waals surface area contributed by atoms with Gasteiger partial charge in [-0.15, -0.1) is 0 Å². The van der Waals surface area contributed by atoms with Crippen LogP contribution < -0.4 is 0 Å². The van der Waals surface area contributed by atoms with Gasteiger partial charge < -0.3 is 4.74 Å². The minimum atomic E-state index is -0.201. The fraction of sp³-hybridized carbons (Fsp3) is 0.438. The fourth-order valence-electron chi connectivity index (χ4n) is 2.84. The Morgan fingerprint density at radius 3 is 3.05 bits per heavy atom. The van der Waals surface area contributed by atoms with E-state index in [1.807, 2.05) is 12.1 Å². The summed E-state index contributed by atoms with van der Waals surface area (Å²) in [6, 6.07) is 6.87. The van der Waals surface area contributed by atoms with Gasteiger partial charge in [-0.05, 0) is 37.6 Å². The predicted molar refractivity (Wildman–Crippen MR) is 77.0 cm³/mol.